The highest BCUT2D eigenvalue weighted by atomic mass is 19.1. The van der Waals surface area contributed by atoms with Crippen LogP contribution in [-0.4, -0.2) is 40.4 Å². The van der Waals surface area contributed by atoms with Crippen LogP contribution in [0.5, 0.6) is 5.75 Å². The Morgan fingerprint density at radius 2 is 2.07 bits per heavy atom. The van der Waals surface area contributed by atoms with Crippen molar-refractivity contribution in [1.29, 1.82) is 0 Å². The highest BCUT2D eigenvalue weighted by Crippen LogP contribution is 2.50. The topological polar surface area (TPSA) is 94.8 Å². The van der Waals surface area contributed by atoms with Crippen molar-refractivity contribution in [3.05, 3.63) is 44.6 Å². The number of carbonyl (C=O) groups is 1. The number of rotatable bonds is 4. The van der Waals surface area contributed by atoms with Crippen molar-refractivity contribution in [3.63, 3.8) is 0 Å². The number of methoxy groups -OCH3 is 1. The zero-order chi connectivity index (χ0) is 21.2. The van der Waals surface area contributed by atoms with E-state index in [0.717, 1.165) is 36.8 Å². The molecule has 1 saturated heterocycles. The molecular formula is C22H24FN2O5-. The summed E-state index contributed by atoms with van der Waals surface area (Å²) in [7, 11) is 1.45. The van der Waals surface area contributed by atoms with Crippen molar-refractivity contribution in [2.75, 3.05) is 13.7 Å². The van der Waals surface area contributed by atoms with Gasteiger partial charge in [0, 0.05) is 23.8 Å². The zero-order valence-electron chi connectivity index (χ0n) is 16.8. The van der Waals surface area contributed by atoms with Crippen LogP contribution in [0, 0.1) is 16.9 Å². The monoisotopic (exact) mass is 415 g/mol. The first-order valence-electron chi connectivity index (χ1n) is 10.5. The van der Waals surface area contributed by atoms with Gasteiger partial charge in [-0.2, -0.15) is 0 Å². The van der Waals surface area contributed by atoms with Crippen LogP contribution in [-0.2, 0) is 0 Å². The molecule has 1 aromatic heterocycles. The number of benzene rings is 1. The van der Waals surface area contributed by atoms with Gasteiger partial charge in [0.1, 0.15) is 17.1 Å². The summed E-state index contributed by atoms with van der Waals surface area (Å²) in [6.07, 6.45) is 6.19. The van der Waals surface area contributed by atoms with Gasteiger partial charge in [-0.05, 0) is 63.0 Å². The number of carboxylic acids is 1. The minimum atomic E-state index is -1.32. The highest BCUT2D eigenvalue weighted by Gasteiger charge is 2.40. The molecule has 2 aliphatic carbocycles. The Morgan fingerprint density at radius 3 is 2.70 bits per heavy atom. The molecule has 3 aliphatic rings. The van der Waals surface area contributed by atoms with E-state index >= 15 is 4.39 Å². The lowest BCUT2D eigenvalue weighted by atomic mass is 9.91. The third-order valence-corrected chi connectivity index (χ3v) is 7.02. The number of hydrogen-bond donors (Lipinski definition) is 1. The summed E-state index contributed by atoms with van der Waals surface area (Å²) in [5.74, 6) is -1.53. The Bertz CT molecular complexity index is 1090. The summed E-state index contributed by atoms with van der Waals surface area (Å²) in [6.45, 7) is 0.518. The number of nitrogens with zero attached hydrogens (tertiary/aromatic N) is 2. The molecule has 0 spiro atoms. The smallest absolute Gasteiger partial charge is 0.341 e. The zero-order valence-corrected chi connectivity index (χ0v) is 16.8. The maximum Gasteiger partial charge on any atom is 0.341 e. The fourth-order valence-corrected chi connectivity index (χ4v) is 5.52. The molecule has 30 heavy (non-hydrogen) atoms. The Morgan fingerprint density at radius 1 is 1.30 bits per heavy atom. The van der Waals surface area contributed by atoms with Crippen LogP contribution in [0.2, 0.25) is 0 Å². The maximum atomic E-state index is 15.4. The second-order valence-corrected chi connectivity index (χ2v) is 8.80. The molecule has 1 N–H and O–H groups in total. The van der Waals surface area contributed by atoms with Gasteiger partial charge in [-0.1, -0.05) is 0 Å². The molecule has 0 radical (unpaired) electrons. The minimum absolute atomic E-state index is 0.0285. The van der Waals surface area contributed by atoms with E-state index in [1.807, 2.05) is 0 Å². The highest BCUT2D eigenvalue weighted by molar-refractivity contribution is 5.95. The standard InChI is InChI=1S/C22H24FN2O5/c1-30-21-18(12-7-11-3-2-6-25(29)17(11)8-12)16(23)9-14-19(21)24(13-4-5-13)10-15(20(14)26)22(27)28/h9-13,17H,2-8H2,1H3,(H,27,28)/q-1/t11-,12?,17+/m0/s1. The fourth-order valence-electron chi connectivity index (χ4n) is 5.52. The average Bonchev–Trinajstić information content (AvgIpc) is 3.46. The lowest BCUT2D eigenvalue weighted by molar-refractivity contribution is 0.0695. The van der Waals surface area contributed by atoms with E-state index < -0.39 is 17.2 Å². The summed E-state index contributed by atoms with van der Waals surface area (Å²) in [6, 6.07) is 1.13. The van der Waals surface area contributed by atoms with Gasteiger partial charge >= 0.3 is 5.97 Å². The Kier molecular flexibility index (Phi) is 4.59. The van der Waals surface area contributed by atoms with Crippen LogP contribution in [0.15, 0.2) is 17.1 Å². The molecule has 2 heterocycles. The summed E-state index contributed by atoms with van der Waals surface area (Å²) >= 11 is 0. The van der Waals surface area contributed by atoms with Crippen LogP contribution < -0.4 is 10.2 Å². The lowest BCUT2D eigenvalue weighted by Gasteiger charge is -2.42. The SMILES string of the molecule is COc1c(C2C[C@@H]3CCCN([O-])[C@@H]3C2)c(F)cc2c(=O)c(C(=O)O)cn(C3CC3)c12. The molecule has 1 unspecified atom stereocenters. The molecule has 0 bridgehead atoms. The van der Waals surface area contributed by atoms with Crippen molar-refractivity contribution in [1.82, 2.24) is 9.63 Å². The first-order valence-corrected chi connectivity index (χ1v) is 10.5. The minimum Gasteiger partial charge on any atom is -0.785 e. The summed E-state index contributed by atoms with van der Waals surface area (Å²) in [5, 5.41) is 22.9. The second-order valence-electron chi connectivity index (χ2n) is 8.80. The van der Waals surface area contributed by atoms with Crippen molar-refractivity contribution in [2.45, 2.75) is 56.5 Å². The van der Waals surface area contributed by atoms with Crippen LogP contribution in [0.25, 0.3) is 10.9 Å². The molecule has 2 saturated carbocycles. The van der Waals surface area contributed by atoms with E-state index in [1.165, 1.54) is 13.3 Å². The van der Waals surface area contributed by atoms with Crippen LogP contribution >= 0.6 is 0 Å². The van der Waals surface area contributed by atoms with Crippen molar-refractivity contribution < 1.29 is 19.0 Å². The first kappa shape index (κ1) is 19.5. The number of pyridine rings is 1. The van der Waals surface area contributed by atoms with Crippen LogP contribution in [0.3, 0.4) is 0 Å². The van der Waals surface area contributed by atoms with E-state index in [1.54, 1.807) is 4.57 Å². The second kappa shape index (κ2) is 7.06. The Labute approximate surface area is 172 Å². The number of halogens is 1. The molecule has 1 aromatic carbocycles. The predicted molar refractivity (Wildman–Crippen MR) is 109 cm³/mol. The van der Waals surface area contributed by atoms with E-state index in [2.05, 4.69) is 0 Å². The Balaban J connectivity index is 1.72. The molecular weight excluding hydrogens is 391 g/mol. The number of piperidine rings is 1. The molecule has 2 aromatic rings. The van der Waals surface area contributed by atoms with Gasteiger partial charge in [0.05, 0.1) is 18.0 Å². The molecule has 1 aliphatic heterocycles. The quantitative estimate of drug-likeness (QED) is 0.819. The van der Waals surface area contributed by atoms with Gasteiger partial charge in [0.2, 0.25) is 5.43 Å². The van der Waals surface area contributed by atoms with E-state index in [9.17, 15) is 19.9 Å². The summed E-state index contributed by atoms with van der Waals surface area (Å²) in [4.78, 5) is 24.4. The number of carboxylic acid groups (broad SMARTS) is 1. The summed E-state index contributed by atoms with van der Waals surface area (Å²) < 4.78 is 22.8. The number of aromatic nitrogens is 1. The van der Waals surface area contributed by atoms with Crippen molar-refractivity contribution >= 4 is 16.9 Å². The van der Waals surface area contributed by atoms with Crippen molar-refractivity contribution in [2.24, 2.45) is 5.92 Å². The third kappa shape index (κ3) is 2.93. The van der Waals surface area contributed by atoms with Gasteiger partial charge in [-0.25, -0.2) is 9.18 Å². The van der Waals surface area contributed by atoms with Crippen LogP contribution in [0.4, 0.5) is 4.39 Å². The third-order valence-electron chi connectivity index (χ3n) is 7.02. The van der Waals surface area contributed by atoms with Gasteiger partial charge in [0.15, 0.2) is 0 Å². The molecule has 3 atom stereocenters. The number of ether oxygens (including phenoxy) is 1. The van der Waals surface area contributed by atoms with Gasteiger partial charge in [0.25, 0.3) is 0 Å². The Hall–Kier alpha value is -2.45. The number of hydrogen-bond acceptors (Lipinski definition) is 5. The maximum absolute atomic E-state index is 15.4. The average molecular weight is 415 g/mol. The van der Waals surface area contributed by atoms with Gasteiger partial charge in [-0.3, -0.25) is 4.79 Å². The number of aromatic carboxylic acids is 1. The predicted octanol–water partition coefficient (Wildman–Crippen LogP) is 3.64. The summed E-state index contributed by atoms with van der Waals surface area (Å²) in [5.41, 5.74) is -0.202. The number of hydroxylamine groups is 2. The normalized spacial score (nSPS) is 26.7. The molecule has 3 fully saturated rings. The lowest BCUT2D eigenvalue weighted by Crippen LogP contribution is -2.38. The van der Waals surface area contributed by atoms with E-state index in [0.29, 0.717) is 36.2 Å². The molecule has 8 heteroatoms. The van der Waals surface area contributed by atoms with E-state index in [4.69, 9.17) is 4.74 Å². The van der Waals surface area contributed by atoms with Crippen LogP contribution in [0.1, 0.15) is 66.4 Å². The first-order chi connectivity index (χ1) is 14.4. The molecule has 5 rings (SSSR count). The molecule has 160 valence electrons. The fraction of sp³-hybridized carbons (Fsp3) is 0.545. The molecule has 7 nitrogen and oxygen atoms in total. The van der Waals surface area contributed by atoms with E-state index in [-0.39, 0.29) is 34.9 Å². The number of fused-ring (bicyclic) bond motifs is 2. The van der Waals surface area contributed by atoms with Gasteiger partial charge < -0.3 is 24.7 Å². The van der Waals surface area contributed by atoms with Crippen molar-refractivity contribution in [3.8, 4) is 5.75 Å². The molecule has 0 amide bonds. The largest absolute Gasteiger partial charge is 0.785 e. The van der Waals surface area contributed by atoms with Gasteiger partial charge in [-0.15, -0.1) is 0 Å².